The third-order valence-electron chi connectivity index (χ3n) is 21.1. The number of nitrogens with zero attached hydrogens (tertiary/aromatic N) is 3. The fraction of sp³-hybridized carbons (Fsp3) is 0.392. The normalized spacial score (nSPS) is 18.3. The molecule has 0 amide bonds. The Labute approximate surface area is 499 Å². The Balaban J connectivity index is 1.14. The van der Waals surface area contributed by atoms with Crippen molar-refractivity contribution in [3.8, 4) is 11.1 Å². The van der Waals surface area contributed by atoms with Crippen LogP contribution < -0.4 is 31.1 Å². The smallest absolute Gasteiger partial charge is 0.252 e. The van der Waals surface area contributed by atoms with Gasteiger partial charge in [-0.25, -0.2) is 0 Å². The first-order valence-electron chi connectivity index (χ1n) is 31.3. The number of hydrogen-bond acceptors (Lipinski definition) is 3. The second kappa shape index (κ2) is 18.1. The molecule has 8 aromatic rings. The highest BCUT2D eigenvalue weighted by Crippen LogP contribution is 2.56. The van der Waals surface area contributed by atoms with Gasteiger partial charge in [0.2, 0.25) is 0 Å². The molecule has 0 N–H and O–H groups in total. The molecule has 0 unspecified atom stereocenters. The molecule has 83 heavy (non-hydrogen) atoms. The lowest BCUT2D eigenvalue weighted by molar-refractivity contribution is 0.332. The highest BCUT2D eigenvalue weighted by molar-refractivity contribution is 7.00. The Kier molecular flexibility index (Phi) is 12.1. The van der Waals surface area contributed by atoms with Crippen LogP contribution in [0.15, 0.2) is 152 Å². The maximum atomic E-state index is 2.74. The van der Waals surface area contributed by atoms with E-state index >= 15 is 0 Å². The molecule has 0 aromatic heterocycles. The van der Waals surface area contributed by atoms with E-state index in [1.807, 2.05) is 0 Å². The van der Waals surface area contributed by atoms with Gasteiger partial charge in [0, 0.05) is 56.6 Å². The van der Waals surface area contributed by atoms with Crippen LogP contribution in [-0.2, 0) is 43.3 Å². The number of benzene rings is 8. The Morgan fingerprint density at radius 2 is 0.783 bits per heavy atom. The van der Waals surface area contributed by atoms with Crippen LogP contribution in [0.1, 0.15) is 207 Å². The van der Waals surface area contributed by atoms with Gasteiger partial charge >= 0.3 is 0 Å². The van der Waals surface area contributed by atoms with Gasteiger partial charge in [0.05, 0.1) is 0 Å². The third kappa shape index (κ3) is 8.71. The highest BCUT2D eigenvalue weighted by Gasteiger charge is 2.48. The third-order valence-corrected chi connectivity index (χ3v) is 21.1. The Morgan fingerprint density at radius 1 is 0.349 bits per heavy atom. The van der Waals surface area contributed by atoms with Crippen LogP contribution in [0.3, 0.4) is 0 Å². The number of fused-ring (bicyclic) bond motifs is 9. The molecule has 0 radical (unpaired) electrons. The number of hydrogen-bond donors (Lipinski definition) is 0. The summed E-state index contributed by atoms with van der Waals surface area (Å²) in [5, 5.41) is 0. The minimum atomic E-state index is -0.183. The number of rotatable bonds is 5. The fourth-order valence-electron chi connectivity index (χ4n) is 15.4. The van der Waals surface area contributed by atoms with E-state index in [0.717, 1.165) is 29.9 Å². The molecule has 3 aliphatic carbocycles. The summed E-state index contributed by atoms with van der Waals surface area (Å²) < 4.78 is 0. The molecule has 0 saturated carbocycles. The minimum Gasteiger partial charge on any atom is -0.311 e. The average Bonchev–Trinajstić information content (AvgIpc) is 1.08. The first-order chi connectivity index (χ1) is 38.8. The van der Waals surface area contributed by atoms with Gasteiger partial charge in [-0.05, 0) is 220 Å². The van der Waals surface area contributed by atoms with Crippen LogP contribution in [0, 0.1) is 0 Å². The van der Waals surface area contributed by atoms with E-state index in [1.54, 1.807) is 0 Å². The molecule has 0 bridgehead atoms. The SMILES string of the molecule is CC(C)(C)c1ccc(N(c2ccc(C(C)(C)C)cc2)c2ccc3c(c2)N(c2ccc4c(c2)C(C)(C)c2ccccc2-4)c2cc(C(C)(C)C)cc4c2B3c2cc3c(cc2N4c2ccc4c(c2)C(C)(C)CCC4(C)C)C(C)(C)CCC3(C)C)cc1. The maximum absolute atomic E-state index is 2.74. The van der Waals surface area contributed by atoms with Crippen molar-refractivity contribution in [2.45, 2.75) is 201 Å². The summed E-state index contributed by atoms with van der Waals surface area (Å²) in [7, 11) is 0. The van der Waals surface area contributed by atoms with Crippen LogP contribution in [0.5, 0.6) is 0 Å². The molecule has 2 aliphatic heterocycles. The van der Waals surface area contributed by atoms with Gasteiger partial charge in [-0.2, -0.15) is 0 Å². The molecule has 13 rings (SSSR count). The van der Waals surface area contributed by atoms with Crippen molar-refractivity contribution in [2.24, 2.45) is 0 Å². The van der Waals surface area contributed by atoms with Gasteiger partial charge < -0.3 is 14.7 Å². The van der Waals surface area contributed by atoms with Crippen molar-refractivity contribution >= 4 is 74.3 Å². The summed E-state index contributed by atoms with van der Waals surface area (Å²) in [4.78, 5) is 7.93. The first-order valence-corrected chi connectivity index (χ1v) is 31.3. The van der Waals surface area contributed by atoms with Crippen molar-refractivity contribution in [3.63, 3.8) is 0 Å². The van der Waals surface area contributed by atoms with Crippen molar-refractivity contribution in [2.75, 3.05) is 14.7 Å². The van der Waals surface area contributed by atoms with E-state index in [9.17, 15) is 0 Å². The minimum absolute atomic E-state index is 0.0130. The molecular weight excluding hydrogens is 1000 g/mol. The lowest BCUT2D eigenvalue weighted by Crippen LogP contribution is -2.62. The first kappa shape index (κ1) is 55.4. The van der Waals surface area contributed by atoms with Crippen LogP contribution in [0.4, 0.5) is 51.2 Å². The Morgan fingerprint density at radius 3 is 1.31 bits per heavy atom. The zero-order valence-corrected chi connectivity index (χ0v) is 53.7. The van der Waals surface area contributed by atoms with Gasteiger partial charge in [0.1, 0.15) is 0 Å². The predicted octanol–water partition coefficient (Wildman–Crippen LogP) is 20.1. The second-order valence-electron chi connectivity index (χ2n) is 32.1. The second-order valence-corrected chi connectivity index (χ2v) is 32.1. The summed E-state index contributed by atoms with van der Waals surface area (Å²) in [5.74, 6) is 0. The van der Waals surface area contributed by atoms with Gasteiger partial charge in [-0.1, -0.05) is 204 Å². The molecule has 0 atom stereocenters. The van der Waals surface area contributed by atoms with Gasteiger partial charge in [0.15, 0.2) is 0 Å². The summed E-state index contributed by atoms with van der Waals surface area (Å²) in [5.41, 5.74) is 30.4. The van der Waals surface area contributed by atoms with Crippen molar-refractivity contribution in [1.82, 2.24) is 0 Å². The molecule has 2 heterocycles. The van der Waals surface area contributed by atoms with E-state index < -0.39 is 0 Å². The zero-order chi connectivity index (χ0) is 59.1. The van der Waals surface area contributed by atoms with Gasteiger partial charge in [-0.3, -0.25) is 0 Å². The molecule has 424 valence electrons. The molecule has 8 aromatic carbocycles. The molecule has 0 spiro atoms. The van der Waals surface area contributed by atoms with E-state index in [4.69, 9.17) is 0 Å². The fourth-order valence-corrected chi connectivity index (χ4v) is 15.4. The summed E-state index contributed by atoms with van der Waals surface area (Å²) in [6, 6.07) is 60.9. The lowest BCUT2D eigenvalue weighted by Gasteiger charge is -2.48. The largest absolute Gasteiger partial charge is 0.311 e. The highest BCUT2D eigenvalue weighted by atomic mass is 15.2. The van der Waals surface area contributed by atoms with Gasteiger partial charge in [0.25, 0.3) is 6.71 Å². The predicted molar refractivity (Wildman–Crippen MR) is 359 cm³/mol. The molecule has 4 heteroatoms. The van der Waals surface area contributed by atoms with E-state index in [2.05, 4.69) is 298 Å². The summed E-state index contributed by atoms with van der Waals surface area (Å²) >= 11 is 0. The van der Waals surface area contributed by atoms with E-state index in [0.29, 0.717) is 0 Å². The molecule has 3 nitrogen and oxygen atoms in total. The maximum Gasteiger partial charge on any atom is 0.252 e. The van der Waals surface area contributed by atoms with Crippen LogP contribution in [0.25, 0.3) is 11.1 Å². The monoisotopic (exact) mass is 1090 g/mol. The van der Waals surface area contributed by atoms with Crippen molar-refractivity contribution < 1.29 is 0 Å². The zero-order valence-electron chi connectivity index (χ0n) is 53.7. The molecular formula is C79H90BN3. The standard InChI is InChI=1S/C79H90BN3/c1-72(2,3)49-24-28-52(29-25-49)81(53-30-26-50(27-31-53)73(4,5)6)56-34-37-65-67(46-56)82(54-32-35-58-57-22-20-21-23-59(57)79(18,19)61(58)44-54)69-42-51(74(7,8)9)43-70-71(69)80(65)66-47-63-64(78(16,17)41-40-77(63,14)15)48-68(66)83(70)55-33-36-60-62(45-55)76(12,13)39-38-75(60,10)11/h20-37,42-48H,38-41H2,1-19H3. The van der Waals surface area contributed by atoms with Crippen LogP contribution in [0.2, 0.25) is 0 Å². The number of anilines is 9. The summed E-state index contributed by atoms with van der Waals surface area (Å²) in [6.45, 7) is 45.8. The molecule has 5 aliphatic rings. The summed E-state index contributed by atoms with van der Waals surface area (Å²) in [6.07, 6.45) is 4.66. The van der Waals surface area contributed by atoms with Crippen molar-refractivity contribution in [1.29, 1.82) is 0 Å². The van der Waals surface area contributed by atoms with Crippen LogP contribution >= 0.6 is 0 Å². The van der Waals surface area contributed by atoms with E-state index in [-0.39, 0.29) is 50.0 Å². The van der Waals surface area contributed by atoms with Crippen molar-refractivity contribution in [3.05, 3.63) is 202 Å². The van der Waals surface area contributed by atoms with Gasteiger partial charge in [-0.15, -0.1) is 0 Å². The Hall–Kier alpha value is -6.78. The van der Waals surface area contributed by atoms with Crippen LogP contribution in [-0.4, -0.2) is 6.71 Å². The van der Waals surface area contributed by atoms with E-state index in [1.165, 1.54) is 125 Å². The quantitative estimate of drug-likeness (QED) is 0.159. The Bertz CT molecular complexity index is 3900. The lowest BCUT2D eigenvalue weighted by atomic mass is 9.33. The molecule has 0 saturated heterocycles. The topological polar surface area (TPSA) is 9.72 Å². The average molecular weight is 1090 g/mol. The molecule has 0 fully saturated rings.